The number of likely N-dealkylation sites (tertiary alicyclic amines) is 1. The van der Waals surface area contributed by atoms with Crippen molar-refractivity contribution in [3.63, 3.8) is 0 Å². The second kappa shape index (κ2) is 9.16. The summed E-state index contributed by atoms with van der Waals surface area (Å²) in [6, 6.07) is 7.96. The summed E-state index contributed by atoms with van der Waals surface area (Å²) >= 11 is 2.01. The normalized spacial score (nSPS) is 24.3. The molecule has 0 radical (unpaired) electrons. The molecule has 0 aromatic heterocycles. The van der Waals surface area contributed by atoms with Gasteiger partial charge in [-0.15, -0.1) is 0 Å². The van der Waals surface area contributed by atoms with Gasteiger partial charge in [0.05, 0.1) is 20.3 Å². The van der Waals surface area contributed by atoms with Crippen LogP contribution in [0.2, 0.25) is 0 Å². The minimum atomic E-state index is -0.739. The minimum absolute atomic E-state index is 0.0631. The fourth-order valence-corrected chi connectivity index (χ4v) is 6.18. The van der Waals surface area contributed by atoms with Gasteiger partial charge in [0.15, 0.2) is 0 Å². The van der Waals surface area contributed by atoms with Gasteiger partial charge in [-0.3, -0.25) is 14.6 Å². The molecule has 1 aromatic rings. The highest BCUT2D eigenvalue weighted by atomic mass is 32.2. The number of rotatable bonds is 7. The molecule has 1 aromatic carbocycles. The van der Waals surface area contributed by atoms with Crippen LogP contribution in [-0.4, -0.2) is 90.2 Å². The molecule has 4 rings (SSSR count). The van der Waals surface area contributed by atoms with Crippen LogP contribution in [0.1, 0.15) is 24.8 Å². The first kappa shape index (κ1) is 21.5. The fraction of sp³-hybridized carbons (Fsp3) is 0.636. The third-order valence-electron chi connectivity index (χ3n) is 6.66. The van der Waals surface area contributed by atoms with Gasteiger partial charge in [0.25, 0.3) is 5.91 Å². The van der Waals surface area contributed by atoms with Crippen molar-refractivity contribution in [2.45, 2.75) is 37.4 Å². The number of imide groups is 1. The smallest absolute Gasteiger partial charge is 0.328 e. The molecule has 7 nitrogen and oxygen atoms in total. The number of nitrogens with zero attached hydrogens (tertiary/aromatic N) is 3. The lowest BCUT2D eigenvalue weighted by Crippen LogP contribution is -2.58. The standard InChI is InChI=1S/C22H31N3O4S/c1-28-12-11-25-21(27)24(15-17-4-3-5-19(14-17)29-2)20(26)22(25)7-9-23(10-8-22)18-6-13-30-16-18/h3-5,14,18H,6-13,15-16H2,1-2H3/t18-/m1/s1. The van der Waals surface area contributed by atoms with Gasteiger partial charge in [0.2, 0.25) is 0 Å². The van der Waals surface area contributed by atoms with Crippen molar-refractivity contribution < 1.29 is 19.1 Å². The van der Waals surface area contributed by atoms with Crippen LogP contribution in [0.15, 0.2) is 24.3 Å². The SMILES string of the molecule is COCCN1C(=O)N(Cc2cccc(OC)c2)C(=O)C12CCN([C@@H]1CCSC1)CC2. The predicted molar refractivity (Wildman–Crippen MR) is 117 cm³/mol. The summed E-state index contributed by atoms with van der Waals surface area (Å²) < 4.78 is 10.5. The molecule has 3 aliphatic heterocycles. The molecule has 164 valence electrons. The van der Waals surface area contributed by atoms with E-state index in [4.69, 9.17) is 9.47 Å². The van der Waals surface area contributed by atoms with Gasteiger partial charge < -0.3 is 14.4 Å². The van der Waals surface area contributed by atoms with Crippen LogP contribution in [0.4, 0.5) is 4.79 Å². The molecule has 0 saturated carbocycles. The number of ether oxygens (including phenoxy) is 2. The van der Waals surface area contributed by atoms with Crippen molar-refractivity contribution in [1.29, 1.82) is 0 Å². The Hall–Kier alpha value is -1.77. The van der Waals surface area contributed by atoms with E-state index in [1.807, 2.05) is 36.0 Å². The van der Waals surface area contributed by atoms with Crippen molar-refractivity contribution in [2.24, 2.45) is 0 Å². The number of thioether (sulfide) groups is 1. The maximum atomic E-state index is 13.6. The lowest BCUT2D eigenvalue weighted by Gasteiger charge is -2.43. The molecule has 1 spiro atoms. The van der Waals surface area contributed by atoms with Crippen LogP contribution < -0.4 is 4.74 Å². The number of urea groups is 1. The molecule has 3 fully saturated rings. The molecule has 1 atom stereocenters. The number of benzene rings is 1. The van der Waals surface area contributed by atoms with Crippen LogP contribution in [0.25, 0.3) is 0 Å². The van der Waals surface area contributed by atoms with E-state index < -0.39 is 5.54 Å². The first-order valence-electron chi connectivity index (χ1n) is 10.7. The highest BCUT2D eigenvalue weighted by molar-refractivity contribution is 7.99. The van der Waals surface area contributed by atoms with Gasteiger partial charge in [-0.2, -0.15) is 11.8 Å². The second-order valence-corrected chi connectivity index (χ2v) is 9.40. The second-order valence-electron chi connectivity index (χ2n) is 8.25. The van der Waals surface area contributed by atoms with Gasteiger partial charge in [0, 0.05) is 38.5 Å². The maximum absolute atomic E-state index is 13.6. The number of hydrogen-bond donors (Lipinski definition) is 0. The summed E-state index contributed by atoms with van der Waals surface area (Å²) in [6.45, 7) is 2.86. The van der Waals surface area contributed by atoms with Crippen molar-refractivity contribution >= 4 is 23.7 Å². The summed E-state index contributed by atoms with van der Waals surface area (Å²) in [5.74, 6) is 3.06. The third-order valence-corrected chi connectivity index (χ3v) is 7.81. The Morgan fingerprint density at radius 2 is 2.00 bits per heavy atom. The molecule has 3 saturated heterocycles. The molecule has 3 heterocycles. The van der Waals surface area contributed by atoms with Crippen molar-refractivity contribution in [3.8, 4) is 5.75 Å². The third kappa shape index (κ3) is 3.92. The zero-order valence-corrected chi connectivity index (χ0v) is 18.7. The molecular weight excluding hydrogens is 402 g/mol. The highest BCUT2D eigenvalue weighted by Crippen LogP contribution is 2.39. The molecule has 3 amide bonds. The minimum Gasteiger partial charge on any atom is -0.497 e. The van der Waals surface area contributed by atoms with Crippen LogP contribution in [0, 0.1) is 0 Å². The molecule has 30 heavy (non-hydrogen) atoms. The summed E-state index contributed by atoms with van der Waals surface area (Å²) in [5.41, 5.74) is 0.150. The van der Waals surface area contributed by atoms with Gasteiger partial charge in [-0.1, -0.05) is 12.1 Å². The largest absolute Gasteiger partial charge is 0.497 e. The number of hydrogen-bond acceptors (Lipinski definition) is 6. The first-order chi connectivity index (χ1) is 14.6. The zero-order chi connectivity index (χ0) is 21.1. The monoisotopic (exact) mass is 433 g/mol. The van der Waals surface area contributed by atoms with E-state index in [-0.39, 0.29) is 18.5 Å². The van der Waals surface area contributed by atoms with Gasteiger partial charge in [-0.05, 0) is 42.7 Å². The molecule has 8 heteroatoms. The average Bonchev–Trinajstić information content (AvgIpc) is 3.37. The molecular formula is C22H31N3O4S. The molecule has 0 unspecified atom stereocenters. The van der Waals surface area contributed by atoms with Crippen LogP contribution in [-0.2, 0) is 16.1 Å². The summed E-state index contributed by atoms with van der Waals surface area (Å²) in [4.78, 5) is 32.7. The number of carbonyl (C=O) groups is 2. The van der Waals surface area contributed by atoms with Crippen molar-refractivity contribution in [1.82, 2.24) is 14.7 Å². The van der Waals surface area contributed by atoms with E-state index in [2.05, 4.69) is 4.90 Å². The highest BCUT2D eigenvalue weighted by Gasteiger charge is 2.58. The lowest BCUT2D eigenvalue weighted by molar-refractivity contribution is -0.136. The topological polar surface area (TPSA) is 62.3 Å². The van der Waals surface area contributed by atoms with E-state index in [0.717, 1.165) is 24.4 Å². The van der Waals surface area contributed by atoms with Crippen molar-refractivity contribution in [3.05, 3.63) is 29.8 Å². The van der Waals surface area contributed by atoms with E-state index in [1.54, 1.807) is 19.1 Å². The summed E-state index contributed by atoms with van der Waals surface area (Å²) in [5, 5.41) is 0. The Bertz CT molecular complexity index is 775. The quantitative estimate of drug-likeness (QED) is 0.616. The Balaban J connectivity index is 1.54. The lowest BCUT2D eigenvalue weighted by atomic mass is 9.85. The Kier molecular flexibility index (Phi) is 6.55. The summed E-state index contributed by atoms with van der Waals surface area (Å²) in [6.07, 6.45) is 2.61. The van der Waals surface area contributed by atoms with Crippen LogP contribution >= 0.6 is 11.8 Å². The maximum Gasteiger partial charge on any atom is 0.328 e. The molecule has 0 bridgehead atoms. The van der Waals surface area contributed by atoms with Gasteiger partial charge in [0.1, 0.15) is 11.3 Å². The van der Waals surface area contributed by atoms with Gasteiger partial charge >= 0.3 is 6.03 Å². The van der Waals surface area contributed by atoms with E-state index in [9.17, 15) is 9.59 Å². The summed E-state index contributed by atoms with van der Waals surface area (Å²) in [7, 11) is 3.24. The average molecular weight is 434 g/mol. The van der Waals surface area contributed by atoms with E-state index >= 15 is 0 Å². The fourth-order valence-electron chi connectivity index (χ4n) is 4.92. The number of methoxy groups -OCH3 is 2. The van der Waals surface area contributed by atoms with Gasteiger partial charge in [-0.25, -0.2) is 4.79 Å². The molecule has 0 aliphatic carbocycles. The van der Waals surface area contributed by atoms with E-state index in [1.165, 1.54) is 22.8 Å². The molecule has 3 aliphatic rings. The van der Waals surface area contributed by atoms with Crippen molar-refractivity contribution in [2.75, 3.05) is 52.0 Å². The predicted octanol–water partition coefficient (Wildman–Crippen LogP) is 2.45. The number of carbonyl (C=O) groups excluding carboxylic acids is 2. The Morgan fingerprint density at radius 3 is 2.67 bits per heavy atom. The molecule has 0 N–H and O–H groups in total. The van der Waals surface area contributed by atoms with Crippen LogP contribution in [0.3, 0.4) is 0 Å². The zero-order valence-electron chi connectivity index (χ0n) is 17.8. The number of amides is 3. The Morgan fingerprint density at radius 1 is 1.20 bits per heavy atom. The first-order valence-corrected chi connectivity index (χ1v) is 11.8. The number of piperidine rings is 1. The van der Waals surface area contributed by atoms with E-state index in [0.29, 0.717) is 32.0 Å². The Labute approximate surface area is 182 Å². The van der Waals surface area contributed by atoms with Crippen LogP contribution in [0.5, 0.6) is 5.75 Å².